The predicted octanol–water partition coefficient (Wildman–Crippen LogP) is 3.92. The Hall–Kier alpha value is -3.65. The van der Waals surface area contributed by atoms with E-state index in [1.807, 2.05) is 72.8 Å². The number of hydrogen-bond acceptors (Lipinski definition) is 3. The van der Waals surface area contributed by atoms with Crippen molar-refractivity contribution in [3.05, 3.63) is 82.6 Å². The Labute approximate surface area is 156 Å². The Morgan fingerprint density at radius 1 is 1.00 bits per heavy atom. The maximum atomic E-state index is 13.1. The zero-order valence-corrected chi connectivity index (χ0v) is 14.6. The van der Waals surface area contributed by atoms with E-state index in [9.17, 15) is 14.9 Å². The standard InChI is InChI=1S/C22H18N2O3/c23-15-19-18(16-8-3-1-4-9-16)14-20(17-10-5-2-6-11-17)24(22(19)27)13-7-12-21(25)26/h1-6,8-11,14H,7,12-13H2,(H,25,26). The molecule has 0 aliphatic heterocycles. The van der Waals surface area contributed by atoms with E-state index in [2.05, 4.69) is 0 Å². The topological polar surface area (TPSA) is 83.1 Å². The van der Waals surface area contributed by atoms with Gasteiger partial charge in [0.2, 0.25) is 0 Å². The van der Waals surface area contributed by atoms with Gasteiger partial charge in [0.25, 0.3) is 5.56 Å². The third-order valence-corrected chi connectivity index (χ3v) is 4.34. The van der Waals surface area contributed by atoms with Crippen molar-refractivity contribution in [2.45, 2.75) is 19.4 Å². The van der Waals surface area contributed by atoms with Crippen molar-refractivity contribution in [2.24, 2.45) is 0 Å². The number of carbonyl (C=O) groups is 1. The number of aliphatic carboxylic acids is 1. The Kier molecular flexibility index (Phi) is 5.48. The smallest absolute Gasteiger partial charge is 0.303 e. The lowest BCUT2D eigenvalue weighted by Gasteiger charge is -2.16. The molecule has 3 aromatic rings. The number of nitrogens with zero attached hydrogens (tertiary/aromatic N) is 2. The van der Waals surface area contributed by atoms with Crippen LogP contribution in [0.25, 0.3) is 22.4 Å². The Bertz CT molecular complexity index is 1050. The summed E-state index contributed by atoms with van der Waals surface area (Å²) in [5, 5.41) is 18.5. The van der Waals surface area contributed by atoms with E-state index in [4.69, 9.17) is 5.11 Å². The molecule has 134 valence electrons. The van der Waals surface area contributed by atoms with E-state index in [1.165, 1.54) is 4.57 Å². The summed E-state index contributed by atoms with van der Waals surface area (Å²) >= 11 is 0. The number of benzene rings is 2. The second-order valence-electron chi connectivity index (χ2n) is 6.12. The molecule has 5 nitrogen and oxygen atoms in total. The van der Waals surface area contributed by atoms with E-state index in [0.717, 1.165) is 11.1 Å². The third-order valence-electron chi connectivity index (χ3n) is 4.34. The largest absolute Gasteiger partial charge is 0.481 e. The van der Waals surface area contributed by atoms with Crippen LogP contribution in [-0.4, -0.2) is 15.6 Å². The van der Waals surface area contributed by atoms with Crippen molar-refractivity contribution < 1.29 is 9.90 Å². The van der Waals surface area contributed by atoms with Crippen LogP contribution >= 0.6 is 0 Å². The fourth-order valence-electron chi connectivity index (χ4n) is 3.06. The number of rotatable bonds is 6. The molecule has 0 radical (unpaired) electrons. The van der Waals surface area contributed by atoms with Crippen LogP contribution in [-0.2, 0) is 11.3 Å². The number of hydrogen-bond donors (Lipinski definition) is 1. The predicted molar refractivity (Wildman–Crippen MR) is 103 cm³/mol. The van der Waals surface area contributed by atoms with Crippen LogP contribution in [0.3, 0.4) is 0 Å². The first-order valence-corrected chi connectivity index (χ1v) is 8.62. The van der Waals surface area contributed by atoms with Gasteiger partial charge in [-0.25, -0.2) is 0 Å². The van der Waals surface area contributed by atoms with E-state index < -0.39 is 11.5 Å². The van der Waals surface area contributed by atoms with Crippen LogP contribution in [0.4, 0.5) is 0 Å². The minimum absolute atomic E-state index is 0.0387. The summed E-state index contributed by atoms with van der Waals surface area (Å²) in [6, 6.07) is 22.6. The lowest BCUT2D eigenvalue weighted by Crippen LogP contribution is -2.25. The van der Waals surface area contributed by atoms with Crippen LogP contribution in [0.5, 0.6) is 0 Å². The van der Waals surface area contributed by atoms with Crippen LogP contribution in [0, 0.1) is 11.3 Å². The first kappa shape index (κ1) is 18.2. The normalized spacial score (nSPS) is 10.3. The lowest BCUT2D eigenvalue weighted by molar-refractivity contribution is -0.137. The monoisotopic (exact) mass is 358 g/mol. The van der Waals surface area contributed by atoms with E-state index in [1.54, 1.807) is 0 Å². The molecule has 1 heterocycles. The summed E-state index contributed by atoms with van der Waals surface area (Å²) in [5.41, 5.74) is 2.55. The Morgan fingerprint density at radius 2 is 1.59 bits per heavy atom. The highest BCUT2D eigenvalue weighted by molar-refractivity contribution is 5.75. The molecule has 0 fully saturated rings. The summed E-state index contributed by atoms with van der Waals surface area (Å²) in [6.07, 6.45) is 0.271. The number of nitriles is 1. The van der Waals surface area contributed by atoms with Crippen molar-refractivity contribution in [2.75, 3.05) is 0 Å². The average molecular weight is 358 g/mol. The molecule has 5 heteroatoms. The van der Waals surface area contributed by atoms with Gasteiger partial charge >= 0.3 is 5.97 Å². The molecule has 2 aromatic carbocycles. The molecule has 0 bridgehead atoms. The van der Waals surface area contributed by atoms with Gasteiger partial charge in [-0.1, -0.05) is 60.7 Å². The Morgan fingerprint density at radius 3 is 2.15 bits per heavy atom. The zero-order valence-electron chi connectivity index (χ0n) is 14.6. The fourth-order valence-corrected chi connectivity index (χ4v) is 3.06. The van der Waals surface area contributed by atoms with E-state index >= 15 is 0 Å². The number of aromatic nitrogens is 1. The molecule has 0 saturated heterocycles. The van der Waals surface area contributed by atoms with E-state index in [-0.39, 0.29) is 18.5 Å². The van der Waals surface area contributed by atoms with Gasteiger partial charge in [0.1, 0.15) is 11.6 Å². The van der Waals surface area contributed by atoms with Gasteiger partial charge < -0.3 is 9.67 Å². The minimum Gasteiger partial charge on any atom is -0.481 e. The van der Waals surface area contributed by atoms with Gasteiger partial charge in [-0.2, -0.15) is 5.26 Å². The first-order valence-electron chi connectivity index (χ1n) is 8.62. The number of carboxylic acid groups (broad SMARTS) is 1. The zero-order chi connectivity index (χ0) is 19.2. The molecule has 0 atom stereocenters. The average Bonchev–Trinajstić information content (AvgIpc) is 2.70. The summed E-state index contributed by atoms with van der Waals surface area (Å²) in [6.45, 7) is 0.235. The highest BCUT2D eigenvalue weighted by Crippen LogP contribution is 2.27. The summed E-state index contributed by atoms with van der Waals surface area (Å²) < 4.78 is 1.50. The molecule has 0 spiro atoms. The van der Waals surface area contributed by atoms with Crippen molar-refractivity contribution in [1.82, 2.24) is 4.57 Å². The van der Waals surface area contributed by atoms with Gasteiger partial charge in [-0.3, -0.25) is 9.59 Å². The molecule has 0 amide bonds. The van der Waals surface area contributed by atoms with Gasteiger partial charge in [0, 0.05) is 18.5 Å². The molecule has 0 saturated carbocycles. The summed E-state index contributed by atoms with van der Waals surface area (Å²) in [7, 11) is 0. The summed E-state index contributed by atoms with van der Waals surface area (Å²) in [5.74, 6) is -0.911. The molecule has 0 aliphatic carbocycles. The first-order chi connectivity index (χ1) is 13.1. The quantitative estimate of drug-likeness (QED) is 0.724. The molecular weight excluding hydrogens is 340 g/mol. The SMILES string of the molecule is N#Cc1c(-c2ccccc2)cc(-c2ccccc2)n(CCCC(=O)O)c1=O. The lowest BCUT2D eigenvalue weighted by atomic mass is 9.98. The van der Waals surface area contributed by atoms with Crippen LogP contribution < -0.4 is 5.56 Å². The van der Waals surface area contributed by atoms with Crippen molar-refractivity contribution in [1.29, 1.82) is 5.26 Å². The third kappa shape index (κ3) is 3.96. The fraction of sp³-hybridized carbons (Fsp3) is 0.136. The summed E-state index contributed by atoms with van der Waals surface area (Å²) in [4.78, 5) is 23.9. The van der Waals surface area contributed by atoms with Gasteiger partial charge in [-0.15, -0.1) is 0 Å². The Balaban J connectivity index is 2.22. The highest BCUT2D eigenvalue weighted by atomic mass is 16.4. The molecule has 1 N–H and O–H groups in total. The molecular formula is C22H18N2O3. The number of pyridine rings is 1. The van der Waals surface area contributed by atoms with Gasteiger partial charge in [0.15, 0.2) is 0 Å². The van der Waals surface area contributed by atoms with Crippen molar-refractivity contribution >= 4 is 5.97 Å². The molecule has 3 rings (SSSR count). The van der Waals surface area contributed by atoms with Gasteiger partial charge in [0.05, 0.1) is 5.69 Å². The molecule has 1 aromatic heterocycles. The molecule has 27 heavy (non-hydrogen) atoms. The second kappa shape index (κ2) is 8.15. The second-order valence-corrected chi connectivity index (χ2v) is 6.12. The maximum Gasteiger partial charge on any atom is 0.303 e. The highest BCUT2D eigenvalue weighted by Gasteiger charge is 2.17. The van der Waals surface area contributed by atoms with Crippen LogP contribution in [0.15, 0.2) is 71.5 Å². The number of carboxylic acids is 1. The minimum atomic E-state index is -0.911. The van der Waals surface area contributed by atoms with Crippen molar-refractivity contribution in [3.8, 4) is 28.5 Å². The van der Waals surface area contributed by atoms with Crippen LogP contribution in [0.1, 0.15) is 18.4 Å². The van der Waals surface area contributed by atoms with Crippen molar-refractivity contribution in [3.63, 3.8) is 0 Å². The molecule has 0 aliphatic rings. The van der Waals surface area contributed by atoms with E-state index in [0.29, 0.717) is 17.7 Å². The van der Waals surface area contributed by atoms with Crippen LogP contribution in [0.2, 0.25) is 0 Å². The van der Waals surface area contributed by atoms with Gasteiger partial charge in [-0.05, 0) is 23.6 Å². The maximum absolute atomic E-state index is 13.1. The molecule has 0 unspecified atom stereocenters.